The molecule has 0 spiro atoms. The summed E-state index contributed by atoms with van der Waals surface area (Å²) >= 11 is 0. The molecule has 0 bridgehead atoms. The minimum absolute atomic E-state index is 0.112. The first-order valence-electron chi connectivity index (χ1n) is 10.6. The summed E-state index contributed by atoms with van der Waals surface area (Å²) in [7, 11) is 0. The van der Waals surface area contributed by atoms with Crippen LogP contribution in [0.4, 0.5) is 0 Å². The monoisotopic (exact) mass is 398 g/mol. The molecule has 1 aromatic carbocycles. The number of carbonyl (C=O) groups excluding carboxylic acids is 3. The molecule has 2 fully saturated rings. The first kappa shape index (κ1) is 20.0. The van der Waals surface area contributed by atoms with Crippen molar-refractivity contribution >= 4 is 17.7 Å². The van der Waals surface area contributed by atoms with Crippen molar-refractivity contribution in [3.05, 3.63) is 34.9 Å². The Balaban J connectivity index is 1.38. The molecule has 3 amide bonds. The molecule has 1 unspecified atom stereocenters. The number of hydrogen-bond acceptors (Lipinski definition) is 5. The van der Waals surface area contributed by atoms with Crippen LogP contribution >= 0.6 is 0 Å². The highest BCUT2D eigenvalue weighted by Gasteiger charge is 2.39. The van der Waals surface area contributed by atoms with E-state index in [0.717, 1.165) is 37.2 Å². The van der Waals surface area contributed by atoms with Gasteiger partial charge in [-0.3, -0.25) is 19.7 Å². The molecule has 1 aromatic rings. The molecule has 2 saturated heterocycles. The van der Waals surface area contributed by atoms with E-state index in [1.165, 1.54) is 12.8 Å². The molecule has 0 aromatic heterocycles. The van der Waals surface area contributed by atoms with Crippen molar-refractivity contribution < 1.29 is 14.4 Å². The van der Waals surface area contributed by atoms with Crippen LogP contribution in [0.5, 0.6) is 0 Å². The molecule has 156 valence electrons. The Kier molecular flexibility index (Phi) is 5.69. The maximum Gasteiger partial charge on any atom is 0.255 e. The Bertz CT molecular complexity index is 816. The van der Waals surface area contributed by atoms with Gasteiger partial charge in [0, 0.05) is 25.1 Å². The van der Waals surface area contributed by atoms with Crippen molar-refractivity contribution in [3.8, 4) is 0 Å². The van der Waals surface area contributed by atoms with Gasteiger partial charge in [0.05, 0.1) is 0 Å². The van der Waals surface area contributed by atoms with E-state index in [4.69, 9.17) is 0 Å². The molecule has 0 radical (unpaired) electrons. The first-order valence-corrected chi connectivity index (χ1v) is 10.6. The number of rotatable bonds is 6. The summed E-state index contributed by atoms with van der Waals surface area (Å²) < 4.78 is 0. The van der Waals surface area contributed by atoms with Crippen molar-refractivity contribution in [2.45, 2.75) is 58.2 Å². The Hall–Kier alpha value is -2.25. The quantitative estimate of drug-likeness (QED) is 0.497. The topological polar surface area (TPSA) is 90.5 Å². The number of nitrogens with one attached hydrogen (secondary N) is 3. The summed E-state index contributed by atoms with van der Waals surface area (Å²) in [6, 6.07) is 5.24. The molecule has 0 saturated carbocycles. The largest absolute Gasteiger partial charge is 0.322 e. The lowest BCUT2D eigenvalue weighted by atomic mass is 9.78. The van der Waals surface area contributed by atoms with E-state index >= 15 is 0 Å². The van der Waals surface area contributed by atoms with Gasteiger partial charge in [0.1, 0.15) is 6.04 Å². The second kappa shape index (κ2) is 8.24. The van der Waals surface area contributed by atoms with E-state index in [2.05, 4.69) is 28.9 Å². The first-order chi connectivity index (χ1) is 14.0. The molecular formula is C22H30N4O3. The van der Waals surface area contributed by atoms with E-state index < -0.39 is 6.04 Å². The van der Waals surface area contributed by atoms with Gasteiger partial charge in [0.2, 0.25) is 11.8 Å². The lowest BCUT2D eigenvalue weighted by Crippen LogP contribution is -2.52. The molecule has 7 heteroatoms. The summed E-state index contributed by atoms with van der Waals surface area (Å²) in [6.07, 6.45) is 4.24. The Labute approximate surface area is 171 Å². The number of nitrogens with zero attached hydrogens (tertiary/aromatic N) is 1. The van der Waals surface area contributed by atoms with Crippen LogP contribution in [0, 0.1) is 5.41 Å². The minimum atomic E-state index is -0.562. The van der Waals surface area contributed by atoms with Gasteiger partial charge in [-0.05, 0) is 67.9 Å². The standard InChI is InChI=1S/C22H30N4O3/c1-22(7-10-23-11-8-22)9-12-24-13-15-3-2-4-16-17(15)14-26(21(16)29)18-5-6-19(27)25-20(18)28/h2-4,18,23-24H,5-14H2,1H3,(H,25,27,28). The summed E-state index contributed by atoms with van der Waals surface area (Å²) in [6.45, 7) is 6.66. The molecule has 3 heterocycles. The van der Waals surface area contributed by atoms with Crippen LogP contribution in [0.1, 0.15) is 60.5 Å². The van der Waals surface area contributed by atoms with Gasteiger partial charge >= 0.3 is 0 Å². The number of amides is 3. The second-order valence-corrected chi connectivity index (χ2v) is 8.83. The van der Waals surface area contributed by atoms with Gasteiger partial charge in [-0.1, -0.05) is 19.1 Å². The molecule has 7 nitrogen and oxygen atoms in total. The van der Waals surface area contributed by atoms with E-state index in [1.54, 1.807) is 4.90 Å². The third-order valence-electron chi connectivity index (χ3n) is 6.71. The number of hydrogen-bond donors (Lipinski definition) is 3. The Morgan fingerprint density at radius 1 is 1.21 bits per heavy atom. The number of fused-ring (bicyclic) bond motifs is 1. The summed E-state index contributed by atoms with van der Waals surface area (Å²) in [5.41, 5.74) is 3.19. The highest BCUT2D eigenvalue weighted by molar-refractivity contribution is 6.05. The van der Waals surface area contributed by atoms with Crippen molar-refractivity contribution in [1.82, 2.24) is 20.9 Å². The highest BCUT2D eigenvalue weighted by atomic mass is 16.2. The zero-order valence-corrected chi connectivity index (χ0v) is 17.1. The van der Waals surface area contributed by atoms with Gasteiger partial charge in [-0.15, -0.1) is 0 Å². The fourth-order valence-electron chi connectivity index (χ4n) is 4.71. The molecule has 4 rings (SSSR count). The van der Waals surface area contributed by atoms with E-state index in [1.807, 2.05) is 12.1 Å². The number of piperidine rings is 2. The number of imide groups is 1. The third-order valence-corrected chi connectivity index (χ3v) is 6.71. The smallest absolute Gasteiger partial charge is 0.255 e. The van der Waals surface area contributed by atoms with Crippen LogP contribution in [0.2, 0.25) is 0 Å². The molecule has 3 aliphatic rings. The van der Waals surface area contributed by atoms with Crippen LogP contribution < -0.4 is 16.0 Å². The minimum Gasteiger partial charge on any atom is -0.322 e. The fourth-order valence-corrected chi connectivity index (χ4v) is 4.71. The molecule has 0 aliphatic carbocycles. The van der Waals surface area contributed by atoms with Crippen molar-refractivity contribution in [2.75, 3.05) is 19.6 Å². The Morgan fingerprint density at radius 2 is 2.00 bits per heavy atom. The zero-order chi connectivity index (χ0) is 20.4. The van der Waals surface area contributed by atoms with Gasteiger partial charge in [0.15, 0.2) is 0 Å². The van der Waals surface area contributed by atoms with E-state index in [-0.39, 0.29) is 24.1 Å². The molecular weight excluding hydrogens is 368 g/mol. The van der Waals surface area contributed by atoms with Crippen LogP contribution in [0.25, 0.3) is 0 Å². The average molecular weight is 399 g/mol. The molecule has 3 aliphatic heterocycles. The maximum atomic E-state index is 12.9. The third kappa shape index (κ3) is 4.21. The predicted molar refractivity (Wildman–Crippen MR) is 109 cm³/mol. The zero-order valence-electron chi connectivity index (χ0n) is 17.1. The summed E-state index contributed by atoms with van der Waals surface area (Å²) in [5.74, 6) is -0.737. The normalized spacial score (nSPS) is 23.8. The Morgan fingerprint density at radius 3 is 2.76 bits per heavy atom. The SMILES string of the molecule is CC1(CCNCc2cccc3c2CN(C2CCC(=O)NC2=O)C3=O)CCNCC1. The molecule has 1 atom stereocenters. The van der Waals surface area contributed by atoms with Gasteiger partial charge in [-0.2, -0.15) is 0 Å². The molecule has 29 heavy (non-hydrogen) atoms. The fraction of sp³-hybridized carbons (Fsp3) is 0.591. The van der Waals surface area contributed by atoms with Crippen LogP contribution in [0.15, 0.2) is 18.2 Å². The lowest BCUT2D eigenvalue weighted by Gasteiger charge is -2.34. The number of benzene rings is 1. The lowest BCUT2D eigenvalue weighted by molar-refractivity contribution is -0.136. The van der Waals surface area contributed by atoms with E-state index in [9.17, 15) is 14.4 Å². The summed E-state index contributed by atoms with van der Waals surface area (Å²) in [5, 5.41) is 9.33. The van der Waals surface area contributed by atoms with Crippen molar-refractivity contribution in [3.63, 3.8) is 0 Å². The van der Waals surface area contributed by atoms with Crippen LogP contribution in [-0.2, 0) is 22.7 Å². The number of carbonyl (C=O) groups is 3. The van der Waals surface area contributed by atoms with E-state index in [0.29, 0.717) is 30.5 Å². The van der Waals surface area contributed by atoms with Gasteiger partial charge < -0.3 is 15.5 Å². The van der Waals surface area contributed by atoms with Crippen LogP contribution in [0.3, 0.4) is 0 Å². The highest BCUT2D eigenvalue weighted by Crippen LogP contribution is 2.32. The van der Waals surface area contributed by atoms with Crippen molar-refractivity contribution in [2.24, 2.45) is 5.41 Å². The maximum absolute atomic E-state index is 12.9. The van der Waals surface area contributed by atoms with Crippen molar-refractivity contribution in [1.29, 1.82) is 0 Å². The predicted octanol–water partition coefficient (Wildman–Crippen LogP) is 1.32. The second-order valence-electron chi connectivity index (χ2n) is 8.83. The van der Waals surface area contributed by atoms with Crippen LogP contribution in [-0.4, -0.2) is 48.3 Å². The summed E-state index contributed by atoms with van der Waals surface area (Å²) in [4.78, 5) is 38.2. The van der Waals surface area contributed by atoms with Gasteiger partial charge in [0.25, 0.3) is 5.91 Å². The van der Waals surface area contributed by atoms with Gasteiger partial charge in [-0.25, -0.2) is 0 Å². The molecule has 3 N–H and O–H groups in total. The average Bonchev–Trinajstić information content (AvgIpc) is 3.03.